The van der Waals surface area contributed by atoms with Crippen molar-refractivity contribution in [2.24, 2.45) is 0 Å². The fourth-order valence-electron chi connectivity index (χ4n) is 1.64. The van der Waals surface area contributed by atoms with Gasteiger partial charge in [0.25, 0.3) is 5.91 Å². The summed E-state index contributed by atoms with van der Waals surface area (Å²) in [6.07, 6.45) is 0.403. The number of ether oxygens (including phenoxy) is 1. The number of nitrogens with zero attached hydrogens (tertiary/aromatic N) is 1. The first kappa shape index (κ1) is 11.9. The molecule has 1 heterocycles. The number of anilines is 1. The second-order valence-corrected chi connectivity index (χ2v) is 4.21. The van der Waals surface area contributed by atoms with Crippen molar-refractivity contribution in [3.8, 4) is 5.75 Å². The summed E-state index contributed by atoms with van der Waals surface area (Å²) in [6.45, 7) is 1.81. The summed E-state index contributed by atoms with van der Waals surface area (Å²) in [6, 6.07) is 5.03. The van der Waals surface area contributed by atoms with Crippen molar-refractivity contribution in [2.45, 2.75) is 13.3 Å². The molecule has 0 aliphatic carbocycles. The third-order valence-corrected chi connectivity index (χ3v) is 2.83. The molecular weight excluding hydrogens is 242 g/mol. The van der Waals surface area contributed by atoms with Crippen LogP contribution >= 0.6 is 11.6 Å². The Morgan fingerprint density at radius 3 is 3.00 bits per heavy atom. The summed E-state index contributed by atoms with van der Waals surface area (Å²) >= 11 is 5.88. The molecule has 0 fully saturated rings. The molecule has 0 saturated heterocycles. The summed E-state index contributed by atoms with van der Waals surface area (Å²) in [5.74, 6) is 0.366. The van der Waals surface area contributed by atoms with Crippen LogP contribution in [0.25, 0.3) is 0 Å². The highest BCUT2D eigenvalue weighted by Crippen LogP contribution is 2.34. The van der Waals surface area contributed by atoms with E-state index in [0.29, 0.717) is 22.9 Å². The molecule has 1 aromatic carbocycles. The van der Waals surface area contributed by atoms with Crippen molar-refractivity contribution in [3.05, 3.63) is 23.2 Å². The number of fused-ring (bicyclic) bond motifs is 1. The van der Waals surface area contributed by atoms with E-state index < -0.39 is 0 Å². The number of Topliss-reactive ketones (excluding diaryl/α,β-unsaturated/α-hetero) is 1. The molecule has 1 amide bonds. The van der Waals surface area contributed by atoms with Gasteiger partial charge in [-0.25, -0.2) is 0 Å². The molecular formula is C12H12ClNO3. The maximum Gasteiger partial charge on any atom is 0.265 e. The van der Waals surface area contributed by atoms with Crippen LogP contribution in [0.2, 0.25) is 5.02 Å². The molecule has 1 aliphatic heterocycles. The Hall–Kier alpha value is -1.55. The second kappa shape index (κ2) is 4.75. The minimum absolute atomic E-state index is 0.00572. The number of amides is 1. The number of ketones is 1. The van der Waals surface area contributed by atoms with Crippen LogP contribution in [0.1, 0.15) is 13.3 Å². The first-order valence-corrected chi connectivity index (χ1v) is 5.74. The minimum atomic E-state index is -0.221. The van der Waals surface area contributed by atoms with Crippen LogP contribution in [0.4, 0.5) is 5.69 Å². The highest BCUT2D eigenvalue weighted by atomic mass is 35.5. The molecule has 1 aromatic rings. The van der Waals surface area contributed by atoms with Gasteiger partial charge >= 0.3 is 0 Å². The van der Waals surface area contributed by atoms with E-state index in [1.165, 1.54) is 4.90 Å². The van der Waals surface area contributed by atoms with Gasteiger partial charge in [0, 0.05) is 11.4 Å². The lowest BCUT2D eigenvalue weighted by Crippen LogP contribution is -2.41. The number of hydrogen-bond donors (Lipinski definition) is 0. The molecule has 17 heavy (non-hydrogen) atoms. The van der Waals surface area contributed by atoms with Gasteiger partial charge in [-0.2, -0.15) is 0 Å². The van der Waals surface area contributed by atoms with Gasteiger partial charge in [-0.15, -0.1) is 0 Å². The van der Waals surface area contributed by atoms with Gasteiger partial charge in [0.15, 0.2) is 12.4 Å². The van der Waals surface area contributed by atoms with Crippen molar-refractivity contribution in [1.82, 2.24) is 0 Å². The van der Waals surface area contributed by atoms with Crippen LogP contribution in [0.3, 0.4) is 0 Å². The van der Waals surface area contributed by atoms with Crippen LogP contribution in [-0.4, -0.2) is 24.8 Å². The fourth-order valence-corrected chi connectivity index (χ4v) is 1.80. The average molecular weight is 254 g/mol. The molecule has 1 aliphatic rings. The summed E-state index contributed by atoms with van der Waals surface area (Å²) in [4.78, 5) is 24.6. The predicted octanol–water partition coefficient (Wildman–Crippen LogP) is 2.04. The highest BCUT2D eigenvalue weighted by molar-refractivity contribution is 6.31. The molecule has 5 heteroatoms. The van der Waals surface area contributed by atoms with E-state index in [-0.39, 0.29) is 24.8 Å². The average Bonchev–Trinajstić information content (AvgIpc) is 2.32. The molecule has 4 nitrogen and oxygen atoms in total. The van der Waals surface area contributed by atoms with E-state index in [1.807, 2.05) is 0 Å². The van der Waals surface area contributed by atoms with E-state index in [0.717, 1.165) is 0 Å². The number of halogens is 1. The molecule has 2 rings (SSSR count). The molecule has 0 spiro atoms. The normalized spacial score (nSPS) is 14.2. The van der Waals surface area contributed by atoms with Crippen LogP contribution in [0, 0.1) is 0 Å². The Morgan fingerprint density at radius 2 is 2.29 bits per heavy atom. The standard InChI is InChI=1S/C12H12ClNO3/c1-2-9(15)6-14-10-5-8(13)3-4-11(10)17-7-12(14)16/h3-5H,2,6-7H2,1H3. The largest absolute Gasteiger partial charge is 0.482 e. The lowest BCUT2D eigenvalue weighted by molar-refractivity contribution is -0.124. The van der Waals surface area contributed by atoms with Gasteiger partial charge < -0.3 is 4.74 Å². The third kappa shape index (κ3) is 2.42. The maximum absolute atomic E-state index is 11.7. The Bertz CT molecular complexity index is 473. The monoisotopic (exact) mass is 253 g/mol. The Labute approximate surface area is 104 Å². The first-order chi connectivity index (χ1) is 8.11. The van der Waals surface area contributed by atoms with Crippen LogP contribution in [-0.2, 0) is 9.59 Å². The Morgan fingerprint density at radius 1 is 1.53 bits per heavy atom. The SMILES string of the molecule is CCC(=O)CN1C(=O)COc2ccc(Cl)cc21. The number of rotatable bonds is 3. The summed E-state index contributed by atoms with van der Waals surface area (Å²) in [7, 11) is 0. The summed E-state index contributed by atoms with van der Waals surface area (Å²) in [5.41, 5.74) is 0.565. The van der Waals surface area contributed by atoms with E-state index in [4.69, 9.17) is 16.3 Å². The zero-order valence-electron chi connectivity index (χ0n) is 9.40. The lowest BCUT2D eigenvalue weighted by Gasteiger charge is -2.28. The van der Waals surface area contributed by atoms with Crippen LogP contribution < -0.4 is 9.64 Å². The molecule has 90 valence electrons. The maximum atomic E-state index is 11.7. The molecule has 0 atom stereocenters. The highest BCUT2D eigenvalue weighted by Gasteiger charge is 2.26. The van der Waals surface area contributed by atoms with Crippen molar-refractivity contribution >= 4 is 29.0 Å². The van der Waals surface area contributed by atoms with Gasteiger partial charge in [-0.05, 0) is 18.2 Å². The Balaban J connectivity index is 2.35. The van der Waals surface area contributed by atoms with Gasteiger partial charge in [-0.1, -0.05) is 18.5 Å². The quantitative estimate of drug-likeness (QED) is 0.828. The van der Waals surface area contributed by atoms with Crippen molar-refractivity contribution in [1.29, 1.82) is 0 Å². The number of hydrogen-bond acceptors (Lipinski definition) is 3. The van der Waals surface area contributed by atoms with E-state index in [2.05, 4.69) is 0 Å². The minimum Gasteiger partial charge on any atom is -0.482 e. The van der Waals surface area contributed by atoms with Crippen LogP contribution in [0.15, 0.2) is 18.2 Å². The van der Waals surface area contributed by atoms with Gasteiger partial charge in [0.2, 0.25) is 0 Å². The number of carbonyl (C=O) groups excluding carboxylic acids is 2. The molecule has 0 N–H and O–H groups in total. The van der Waals surface area contributed by atoms with Gasteiger partial charge in [0.05, 0.1) is 12.2 Å². The second-order valence-electron chi connectivity index (χ2n) is 3.77. The van der Waals surface area contributed by atoms with Crippen molar-refractivity contribution in [2.75, 3.05) is 18.1 Å². The summed E-state index contributed by atoms with van der Waals surface area (Å²) in [5, 5.41) is 0.510. The van der Waals surface area contributed by atoms with E-state index >= 15 is 0 Å². The smallest absolute Gasteiger partial charge is 0.265 e. The van der Waals surface area contributed by atoms with Gasteiger partial charge in [0.1, 0.15) is 5.75 Å². The lowest BCUT2D eigenvalue weighted by atomic mass is 10.2. The van der Waals surface area contributed by atoms with Crippen LogP contribution in [0.5, 0.6) is 5.75 Å². The number of carbonyl (C=O) groups is 2. The third-order valence-electron chi connectivity index (χ3n) is 2.59. The van der Waals surface area contributed by atoms with E-state index in [1.54, 1.807) is 25.1 Å². The molecule has 0 radical (unpaired) electrons. The topological polar surface area (TPSA) is 46.6 Å². The zero-order valence-corrected chi connectivity index (χ0v) is 10.2. The van der Waals surface area contributed by atoms with Crippen molar-refractivity contribution < 1.29 is 14.3 Å². The fraction of sp³-hybridized carbons (Fsp3) is 0.333. The predicted molar refractivity (Wildman–Crippen MR) is 64.6 cm³/mol. The van der Waals surface area contributed by atoms with Gasteiger partial charge in [-0.3, -0.25) is 14.5 Å². The number of benzene rings is 1. The van der Waals surface area contributed by atoms with Crippen molar-refractivity contribution in [3.63, 3.8) is 0 Å². The first-order valence-electron chi connectivity index (χ1n) is 5.36. The Kier molecular flexibility index (Phi) is 3.33. The molecule has 0 unspecified atom stereocenters. The molecule has 0 bridgehead atoms. The van der Waals surface area contributed by atoms with E-state index in [9.17, 15) is 9.59 Å². The molecule has 0 saturated carbocycles. The zero-order chi connectivity index (χ0) is 12.4. The molecule has 0 aromatic heterocycles. The summed E-state index contributed by atoms with van der Waals surface area (Å²) < 4.78 is 5.28.